The fourth-order valence-corrected chi connectivity index (χ4v) is 0. The minimum absolute atomic E-state index is 0. The Morgan fingerprint density at radius 2 is 1.00 bits per heavy atom. The zero-order valence-corrected chi connectivity index (χ0v) is 4.09. The van der Waals surface area contributed by atoms with Crippen molar-refractivity contribution >= 4 is 0 Å². The van der Waals surface area contributed by atoms with Gasteiger partial charge in [-0.2, -0.15) is 13.2 Å². The predicted octanol–water partition coefficient (Wildman–Crippen LogP) is 1.18. The molecular formula is CHF3Sc+3. The zero-order chi connectivity index (χ0) is 3.58. The summed E-state index contributed by atoms with van der Waals surface area (Å²) in [6, 6.07) is 0. The summed E-state index contributed by atoms with van der Waals surface area (Å²) in [5.41, 5.74) is 0. The molecule has 0 radical (unpaired) electrons. The first-order valence-corrected chi connectivity index (χ1v) is 0.655. The minimum atomic E-state index is -3.67. The van der Waals surface area contributed by atoms with Crippen molar-refractivity contribution in [2.24, 2.45) is 0 Å². The van der Waals surface area contributed by atoms with Gasteiger partial charge in [-0.15, -0.1) is 0 Å². The summed E-state index contributed by atoms with van der Waals surface area (Å²) in [5.74, 6) is 0. The molecule has 0 aromatic heterocycles. The van der Waals surface area contributed by atoms with Gasteiger partial charge in [0.15, 0.2) is 0 Å². The van der Waals surface area contributed by atoms with Crippen molar-refractivity contribution in [2.75, 3.05) is 0 Å². The van der Waals surface area contributed by atoms with E-state index in [1.807, 2.05) is 0 Å². The molecule has 0 aliphatic carbocycles. The van der Waals surface area contributed by atoms with Gasteiger partial charge in [0.25, 0.3) is 0 Å². The SMILES string of the molecule is FC(F)F.[Sc+3]. The van der Waals surface area contributed by atoms with Gasteiger partial charge in [0.05, 0.1) is 0 Å². The summed E-state index contributed by atoms with van der Waals surface area (Å²) in [4.78, 5) is 0. The van der Waals surface area contributed by atoms with E-state index < -0.39 is 6.68 Å². The Morgan fingerprint density at radius 3 is 1.00 bits per heavy atom. The Kier molecular flexibility index (Phi) is 8.55. The number of rotatable bonds is 0. The summed E-state index contributed by atoms with van der Waals surface area (Å²) in [6.45, 7) is -3.67. The van der Waals surface area contributed by atoms with E-state index in [2.05, 4.69) is 0 Å². The van der Waals surface area contributed by atoms with Crippen LogP contribution in [0.2, 0.25) is 0 Å². The maximum Gasteiger partial charge on any atom is 3.00 e. The fourth-order valence-electron chi connectivity index (χ4n) is 0. The van der Waals surface area contributed by atoms with Crippen LogP contribution in [-0.4, -0.2) is 6.68 Å². The molecule has 0 saturated heterocycles. The van der Waals surface area contributed by atoms with Crippen molar-refractivity contribution < 1.29 is 39.0 Å². The van der Waals surface area contributed by atoms with Gasteiger partial charge in [-0.3, -0.25) is 0 Å². The summed E-state index contributed by atoms with van der Waals surface area (Å²) >= 11 is 0. The third-order valence-corrected chi connectivity index (χ3v) is 0. The third-order valence-electron chi connectivity index (χ3n) is 0. The molecule has 0 aromatic rings. The molecule has 26 valence electrons. The second-order valence-corrected chi connectivity index (χ2v) is 0.247. The summed E-state index contributed by atoms with van der Waals surface area (Å²) in [6.07, 6.45) is 0. The topological polar surface area (TPSA) is 0 Å². The second-order valence-electron chi connectivity index (χ2n) is 0.247. The predicted molar refractivity (Wildman–Crippen MR) is 7.11 cm³/mol. The first-order valence-electron chi connectivity index (χ1n) is 0.655. The average molecular weight is 115 g/mol. The van der Waals surface area contributed by atoms with E-state index in [1.54, 1.807) is 0 Å². The van der Waals surface area contributed by atoms with Crippen molar-refractivity contribution in [3.8, 4) is 0 Å². The maximum absolute atomic E-state index is 9.67. The van der Waals surface area contributed by atoms with E-state index in [-0.39, 0.29) is 25.8 Å². The molecule has 4 heteroatoms. The summed E-state index contributed by atoms with van der Waals surface area (Å²) in [7, 11) is 0. The van der Waals surface area contributed by atoms with Gasteiger partial charge in [-0.1, -0.05) is 0 Å². The number of hydrogen-bond donors (Lipinski definition) is 0. The van der Waals surface area contributed by atoms with E-state index in [1.165, 1.54) is 0 Å². The van der Waals surface area contributed by atoms with E-state index >= 15 is 0 Å². The molecule has 0 rings (SSSR count). The van der Waals surface area contributed by atoms with Gasteiger partial charge in [0, 0.05) is 0 Å². The normalized spacial score (nSPS) is 7.20. The second kappa shape index (κ2) is 4.66. The van der Waals surface area contributed by atoms with Crippen LogP contribution >= 0.6 is 0 Å². The van der Waals surface area contributed by atoms with Crippen molar-refractivity contribution in [1.29, 1.82) is 0 Å². The molecule has 0 unspecified atom stereocenters. The summed E-state index contributed by atoms with van der Waals surface area (Å²) in [5, 5.41) is 0. The molecule has 0 bridgehead atoms. The van der Waals surface area contributed by atoms with Gasteiger partial charge in [-0.05, 0) is 0 Å². The minimum Gasteiger partial charge on any atom is -0.174 e. The van der Waals surface area contributed by atoms with E-state index in [9.17, 15) is 13.2 Å². The molecule has 0 amide bonds. The van der Waals surface area contributed by atoms with Gasteiger partial charge < -0.3 is 0 Å². The van der Waals surface area contributed by atoms with Gasteiger partial charge in [-0.25, -0.2) is 0 Å². The summed E-state index contributed by atoms with van der Waals surface area (Å²) < 4.78 is 29.0. The fraction of sp³-hybridized carbons (Fsp3) is 1.00. The molecule has 0 aromatic carbocycles. The van der Waals surface area contributed by atoms with Crippen LogP contribution in [0.15, 0.2) is 0 Å². The Balaban J connectivity index is 0. The Labute approximate surface area is 46.1 Å². The molecule has 5 heavy (non-hydrogen) atoms. The van der Waals surface area contributed by atoms with Crippen molar-refractivity contribution in [3.63, 3.8) is 0 Å². The Morgan fingerprint density at radius 1 is 1.00 bits per heavy atom. The molecule has 0 spiro atoms. The Bertz CT molecular complexity index is 11.6. The molecular weight excluding hydrogens is 114 g/mol. The maximum atomic E-state index is 9.67. The van der Waals surface area contributed by atoms with E-state index in [0.717, 1.165) is 0 Å². The van der Waals surface area contributed by atoms with Crippen LogP contribution in [-0.2, 0) is 25.8 Å². The Hall–Kier alpha value is 0.660. The molecule has 0 fully saturated rings. The van der Waals surface area contributed by atoms with Crippen LogP contribution in [0.3, 0.4) is 0 Å². The van der Waals surface area contributed by atoms with Crippen LogP contribution in [0.4, 0.5) is 13.2 Å². The van der Waals surface area contributed by atoms with Crippen molar-refractivity contribution in [2.45, 2.75) is 6.68 Å². The zero-order valence-electron chi connectivity index (χ0n) is 2.29. The molecule has 0 aliphatic rings. The van der Waals surface area contributed by atoms with E-state index in [4.69, 9.17) is 0 Å². The number of halogens is 3. The number of hydrogen-bond acceptors (Lipinski definition) is 0. The molecule has 0 nitrogen and oxygen atoms in total. The largest absolute Gasteiger partial charge is 3.00 e. The van der Waals surface area contributed by atoms with Crippen molar-refractivity contribution in [3.05, 3.63) is 0 Å². The van der Waals surface area contributed by atoms with Gasteiger partial charge in [0.1, 0.15) is 0 Å². The first-order chi connectivity index (χ1) is 1.73. The monoisotopic (exact) mass is 115 g/mol. The molecule has 0 heterocycles. The smallest absolute Gasteiger partial charge is 0.174 e. The first kappa shape index (κ1) is 9.18. The van der Waals surface area contributed by atoms with Crippen LogP contribution in [0.1, 0.15) is 0 Å². The van der Waals surface area contributed by atoms with Crippen LogP contribution in [0, 0.1) is 0 Å². The molecule has 0 atom stereocenters. The van der Waals surface area contributed by atoms with E-state index in [0.29, 0.717) is 0 Å². The standard InChI is InChI=1S/CHF3.Sc/c2-1(3)4;/h1H;/q;+3. The molecule has 0 saturated carbocycles. The quantitative estimate of drug-likeness (QED) is 0.444. The van der Waals surface area contributed by atoms with Gasteiger partial charge >= 0.3 is 32.5 Å². The van der Waals surface area contributed by atoms with Gasteiger partial charge in [0.2, 0.25) is 0 Å². The van der Waals surface area contributed by atoms with Crippen LogP contribution < -0.4 is 0 Å². The van der Waals surface area contributed by atoms with Crippen LogP contribution in [0.5, 0.6) is 0 Å². The van der Waals surface area contributed by atoms with Crippen LogP contribution in [0.25, 0.3) is 0 Å². The third kappa shape index (κ3) is 75.7. The van der Waals surface area contributed by atoms with Crippen molar-refractivity contribution in [1.82, 2.24) is 0 Å². The average Bonchev–Trinajstić information content (AvgIpc) is 0.811. The molecule has 0 N–H and O–H groups in total. The molecule has 0 aliphatic heterocycles. The number of alkyl halides is 3.